The average Bonchev–Trinajstić information content (AvgIpc) is 4.03. The van der Waals surface area contributed by atoms with Crippen LogP contribution in [0.3, 0.4) is 0 Å². The predicted octanol–water partition coefficient (Wildman–Crippen LogP) is 10.5. The summed E-state index contributed by atoms with van der Waals surface area (Å²) < 4.78 is 1.93. The largest absolute Gasteiger partial charge is 0.225 e. The molecule has 256 valence electrons. The molecule has 0 radical (unpaired) electrons. The van der Waals surface area contributed by atoms with E-state index >= 15 is 0 Å². The Morgan fingerprint density at radius 3 is 0.782 bits per heavy atom. The van der Waals surface area contributed by atoms with Crippen molar-refractivity contribution >= 4 is 88.9 Å². The fourth-order valence-electron chi connectivity index (χ4n) is 7.64. The highest BCUT2D eigenvalue weighted by molar-refractivity contribution is 7.07. The number of nitrogens with zero attached hydrogens (tertiary/aromatic N) is 4. The number of thiophene rings is 1. The summed E-state index contributed by atoms with van der Waals surface area (Å²) in [7, 11) is 0. The lowest BCUT2D eigenvalue weighted by Gasteiger charge is -2.08. The smallest absolute Gasteiger partial charge is 0.170 e. The fraction of sp³-hybridized carbons (Fsp3) is 0. The van der Waals surface area contributed by atoms with Gasteiger partial charge in [0.15, 0.2) is 11.6 Å². The molecule has 0 bridgehead atoms. The first kappa shape index (κ1) is 31.4. The topological polar surface area (TPSA) is 49.4 Å². The average molecular weight is 719 g/mol. The molecule has 2 aliphatic rings. The third-order valence-corrected chi connectivity index (χ3v) is 11.5. The minimum absolute atomic E-state index is 0.693. The lowest BCUT2D eigenvalue weighted by Crippen LogP contribution is -2.14. The van der Waals surface area contributed by atoms with Crippen molar-refractivity contribution in [1.82, 2.24) is 0 Å². The third kappa shape index (κ3) is 5.61. The van der Waals surface area contributed by atoms with Crippen LogP contribution in [0.2, 0.25) is 0 Å². The maximum atomic E-state index is 5.26. The second-order valence-electron chi connectivity index (χ2n) is 13.9. The van der Waals surface area contributed by atoms with Crippen LogP contribution in [0.5, 0.6) is 0 Å². The van der Waals surface area contributed by atoms with Crippen LogP contribution in [0.1, 0.15) is 22.3 Å². The van der Waals surface area contributed by atoms with Crippen LogP contribution in [0, 0.1) is 0 Å². The molecule has 0 unspecified atom stereocenters. The zero-order valence-electron chi connectivity index (χ0n) is 29.5. The lowest BCUT2D eigenvalue weighted by molar-refractivity contribution is 1.45. The Balaban J connectivity index is 1.09. The Bertz CT molecular complexity index is 2910. The quantitative estimate of drug-likeness (QED) is 0.174. The van der Waals surface area contributed by atoms with Crippen LogP contribution in [0.15, 0.2) is 202 Å². The molecule has 3 heterocycles. The Morgan fingerprint density at radius 2 is 0.509 bits per heavy atom. The SMILES string of the molecule is c1ccc2cc(C3=NC(=c4ccc(=C5N=C(c6ccc7ccccc7c6)C(c6ccc7ccccc7c6)=N5)s4)N=C3c3ccc4ccccc4c3)ccc2c1. The molecular formula is C50H30N4S. The molecule has 0 spiro atoms. The minimum Gasteiger partial charge on any atom is -0.225 e. The van der Waals surface area contributed by atoms with Crippen molar-refractivity contribution in [3.63, 3.8) is 0 Å². The second kappa shape index (κ2) is 12.8. The number of aliphatic imine (C=N–C) groups is 4. The van der Waals surface area contributed by atoms with Gasteiger partial charge in [0.05, 0.1) is 31.9 Å². The van der Waals surface area contributed by atoms with E-state index in [4.69, 9.17) is 20.0 Å². The predicted molar refractivity (Wildman–Crippen MR) is 232 cm³/mol. The van der Waals surface area contributed by atoms with Gasteiger partial charge in [0.1, 0.15) is 0 Å². The van der Waals surface area contributed by atoms with Gasteiger partial charge in [-0.25, -0.2) is 20.0 Å². The molecule has 0 saturated carbocycles. The van der Waals surface area contributed by atoms with Gasteiger partial charge in [-0.15, -0.1) is 11.3 Å². The number of hydrogen-bond acceptors (Lipinski definition) is 5. The molecule has 0 fully saturated rings. The van der Waals surface area contributed by atoms with E-state index in [1.165, 1.54) is 43.1 Å². The van der Waals surface area contributed by atoms with Crippen molar-refractivity contribution in [2.45, 2.75) is 0 Å². The Morgan fingerprint density at radius 1 is 0.255 bits per heavy atom. The molecule has 9 aromatic rings. The van der Waals surface area contributed by atoms with E-state index in [1.54, 1.807) is 11.3 Å². The van der Waals surface area contributed by atoms with Crippen molar-refractivity contribution in [2.75, 3.05) is 0 Å². The van der Waals surface area contributed by atoms with E-state index < -0.39 is 0 Å². The van der Waals surface area contributed by atoms with E-state index in [2.05, 4.69) is 182 Å². The van der Waals surface area contributed by atoms with Crippen LogP contribution in [-0.4, -0.2) is 22.8 Å². The number of fused-ring (bicyclic) bond motifs is 4. The van der Waals surface area contributed by atoms with Gasteiger partial charge in [0, 0.05) is 22.3 Å². The minimum atomic E-state index is 0.693. The molecule has 1 aromatic heterocycles. The molecule has 0 atom stereocenters. The third-order valence-electron chi connectivity index (χ3n) is 10.5. The summed E-state index contributed by atoms with van der Waals surface area (Å²) in [5.41, 5.74) is 7.63. The monoisotopic (exact) mass is 718 g/mol. The zero-order chi connectivity index (χ0) is 36.3. The van der Waals surface area contributed by atoms with E-state index in [0.29, 0.717) is 11.6 Å². The van der Waals surface area contributed by atoms with Crippen LogP contribution >= 0.6 is 11.3 Å². The molecule has 0 saturated heterocycles. The van der Waals surface area contributed by atoms with Crippen molar-refractivity contribution in [2.24, 2.45) is 20.0 Å². The van der Waals surface area contributed by atoms with E-state index in [9.17, 15) is 0 Å². The first-order valence-electron chi connectivity index (χ1n) is 18.4. The maximum absolute atomic E-state index is 5.26. The lowest BCUT2D eigenvalue weighted by atomic mass is 9.96. The van der Waals surface area contributed by atoms with Gasteiger partial charge in [-0.2, -0.15) is 0 Å². The van der Waals surface area contributed by atoms with Crippen LogP contribution in [0.4, 0.5) is 0 Å². The highest BCUT2D eigenvalue weighted by Crippen LogP contribution is 2.28. The van der Waals surface area contributed by atoms with Crippen molar-refractivity contribution < 1.29 is 0 Å². The van der Waals surface area contributed by atoms with Gasteiger partial charge in [0.25, 0.3) is 0 Å². The molecule has 0 N–H and O–H groups in total. The highest BCUT2D eigenvalue weighted by Gasteiger charge is 2.24. The van der Waals surface area contributed by atoms with Gasteiger partial charge in [-0.1, -0.05) is 146 Å². The number of rotatable bonds is 4. The molecule has 8 aromatic carbocycles. The summed E-state index contributed by atoms with van der Waals surface area (Å²) in [6.45, 7) is 0. The van der Waals surface area contributed by atoms with E-state index in [-0.39, 0.29) is 0 Å². The first-order chi connectivity index (χ1) is 27.2. The molecule has 11 rings (SSSR count). The summed E-state index contributed by atoms with van der Waals surface area (Å²) in [6.07, 6.45) is 0. The van der Waals surface area contributed by atoms with Gasteiger partial charge in [-0.3, -0.25) is 0 Å². The highest BCUT2D eigenvalue weighted by atomic mass is 32.1. The fourth-order valence-corrected chi connectivity index (χ4v) is 8.51. The summed E-state index contributed by atoms with van der Waals surface area (Å²) >= 11 is 1.62. The van der Waals surface area contributed by atoms with E-state index in [0.717, 1.165) is 54.2 Å². The van der Waals surface area contributed by atoms with Gasteiger partial charge < -0.3 is 0 Å². The standard InChI is InChI=1S/C50H30N4S/c1-5-13-35-27-39(21-17-31(35)9-1)45-46(40-22-18-32-10-2-6-14-36(32)28-40)52-49(51-45)43-25-26-44(55-43)50-53-47(41-23-19-33-11-3-7-15-37(33)29-41)48(54-50)42-24-20-34-12-4-8-16-38(34)30-42/h1-30H. The molecule has 2 aliphatic heterocycles. The summed E-state index contributed by atoms with van der Waals surface area (Å²) in [5.74, 6) is 1.39. The van der Waals surface area contributed by atoms with E-state index in [1.807, 2.05) is 0 Å². The van der Waals surface area contributed by atoms with Crippen LogP contribution in [0.25, 0.3) is 54.7 Å². The summed E-state index contributed by atoms with van der Waals surface area (Å²) in [6, 6.07) is 64.1. The Hall–Kier alpha value is -7.08. The molecule has 0 amide bonds. The van der Waals surface area contributed by atoms with Crippen LogP contribution < -0.4 is 9.06 Å². The van der Waals surface area contributed by atoms with Gasteiger partial charge in [-0.05, 0) is 79.5 Å². The molecular weight excluding hydrogens is 689 g/mol. The molecule has 4 nitrogen and oxygen atoms in total. The maximum Gasteiger partial charge on any atom is 0.170 e. The Labute approximate surface area is 320 Å². The van der Waals surface area contributed by atoms with Gasteiger partial charge in [0.2, 0.25) is 0 Å². The first-order valence-corrected chi connectivity index (χ1v) is 19.2. The Kier molecular flexibility index (Phi) is 7.32. The normalized spacial score (nSPS) is 14.2. The summed E-state index contributed by atoms with van der Waals surface area (Å²) in [5, 5.41) is 9.47. The van der Waals surface area contributed by atoms with Crippen molar-refractivity contribution in [3.05, 3.63) is 213 Å². The number of hydrogen-bond donors (Lipinski definition) is 0. The van der Waals surface area contributed by atoms with Crippen molar-refractivity contribution in [1.29, 1.82) is 0 Å². The molecule has 5 heteroatoms. The molecule has 55 heavy (non-hydrogen) atoms. The molecule has 0 aliphatic carbocycles. The van der Waals surface area contributed by atoms with Gasteiger partial charge >= 0.3 is 0 Å². The second-order valence-corrected chi connectivity index (χ2v) is 15.0. The van der Waals surface area contributed by atoms with Crippen LogP contribution in [-0.2, 0) is 0 Å². The zero-order valence-corrected chi connectivity index (χ0v) is 30.3. The summed E-state index contributed by atoms with van der Waals surface area (Å²) in [4.78, 5) is 21.0. The number of benzene rings is 8. The van der Waals surface area contributed by atoms with Crippen molar-refractivity contribution in [3.8, 4) is 0 Å².